The number of ether oxygens (including phenoxy) is 1. The van der Waals surface area contributed by atoms with Gasteiger partial charge in [0, 0.05) is 38.8 Å². The minimum absolute atomic E-state index is 0. The SMILES string of the molecule is CCNC(=NCC(C)CN1CCOCC1)NC1CC1.I. The number of nitrogens with one attached hydrogen (secondary N) is 2. The van der Waals surface area contributed by atoms with Gasteiger partial charge in [0.15, 0.2) is 5.96 Å². The third kappa shape index (κ3) is 7.08. The van der Waals surface area contributed by atoms with E-state index in [1.165, 1.54) is 12.8 Å². The lowest BCUT2D eigenvalue weighted by atomic mass is 10.1. The Balaban J connectivity index is 0.00000200. The molecule has 20 heavy (non-hydrogen) atoms. The van der Waals surface area contributed by atoms with Gasteiger partial charge >= 0.3 is 0 Å². The van der Waals surface area contributed by atoms with Gasteiger partial charge in [-0.2, -0.15) is 0 Å². The number of nitrogens with zero attached hydrogens (tertiary/aromatic N) is 2. The van der Waals surface area contributed by atoms with Crippen LogP contribution in [0.25, 0.3) is 0 Å². The van der Waals surface area contributed by atoms with E-state index in [0.717, 1.165) is 51.9 Å². The van der Waals surface area contributed by atoms with Crippen molar-refractivity contribution in [3.63, 3.8) is 0 Å². The van der Waals surface area contributed by atoms with E-state index in [4.69, 9.17) is 9.73 Å². The van der Waals surface area contributed by atoms with Crippen LogP contribution in [0.3, 0.4) is 0 Å². The predicted molar refractivity (Wildman–Crippen MR) is 94.0 cm³/mol. The predicted octanol–water partition coefficient (Wildman–Crippen LogP) is 1.29. The van der Waals surface area contributed by atoms with Crippen molar-refractivity contribution in [2.24, 2.45) is 10.9 Å². The standard InChI is InChI=1S/C14H28N4O.HI/c1-3-15-14(17-13-4-5-13)16-10-12(2)11-18-6-8-19-9-7-18;/h12-13H,3-11H2,1-2H3,(H2,15,16,17);1H. The summed E-state index contributed by atoms with van der Waals surface area (Å²) < 4.78 is 5.37. The molecule has 1 saturated carbocycles. The van der Waals surface area contributed by atoms with Gasteiger partial charge in [0.05, 0.1) is 13.2 Å². The summed E-state index contributed by atoms with van der Waals surface area (Å²) in [5.41, 5.74) is 0. The summed E-state index contributed by atoms with van der Waals surface area (Å²) in [6, 6.07) is 0.660. The fourth-order valence-electron chi connectivity index (χ4n) is 2.27. The van der Waals surface area contributed by atoms with Gasteiger partial charge in [-0.1, -0.05) is 6.92 Å². The first-order chi connectivity index (χ1) is 9.28. The lowest BCUT2D eigenvalue weighted by Crippen LogP contribution is -2.41. The van der Waals surface area contributed by atoms with Crippen LogP contribution in [0.15, 0.2) is 4.99 Å². The zero-order valence-corrected chi connectivity index (χ0v) is 15.1. The Hall–Kier alpha value is -0.0800. The summed E-state index contributed by atoms with van der Waals surface area (Å²) in [4.78, 5) is 7.17. The normalized spacial score (nSPS) is 22.0. The summed E-state index contributed by atoms with van der Waals surface area (Å²) in [7, 11) is 0. The zero-order valence-electron chi connectivity index (χ0n) is 12.7. The summed E-state index contributed by atoms with van der Waals surface area (Å²) in [5.74, 6) is 1.58. The van der Waals surface area contributed by atoms with Crippen LogP contribution in [0.4, 0.5) is 0 Å². The van der Waals surface area contributed by atoms with E-state index in [1.807, 2.05) is 0 Å². The van der Waals surface area contributed by atoms with Gasteiger partial charge < -0.3 is 15.4 Å². The van der Waals surface area contributed by atoms with Crippen LogP contribution >= 0.6 is 24.0 Å². The fraction of sp³-hybridized carbons (Fsp3) is 0.929. The Bertz CT molecular complexity index is 291. The van der Waals surface area contributed by atoms with Crippen LogP contribution in [-0.4, -0.2) is 62.8 Å². The molecule has 0 aromatic rings. The molecule has 2 rings (SSSR count). The van der Waals surface area contributed by atoms with Crippen LogP contribution in [0.1, 0.15) is 26.7 Å². The molecule has 2 N–H and O–H groups in total. The molecule has 0 radical (unpaired) electrons. The van der Waals surface area contributed by atoms with Crippen LogP contribution in [0.5, 0.6) is 0 Å². The van der Waals surface area contributed by atoms with E-state index in [2.05, 4.69) is 29.4 Å². The molecule has 0 amide bonds. The van der Waals surface area contributed by atoms with Crippen molar-refractivity contribution in [3.8, 4) is 0 Å². The third-order valence-corrected chi connectivity index (χ3v) is 3.50. The van der Waals surface area contributed by atoms with Crippen molar-refractivity contribution in [2.75, 3.05) is 45.9 Å². The number of hydrogen-bond donors (Lipinski definition) is 2. The highest BCUT2D eigenvalue weighted by molar-refractivity contribution is 14.0. The number of hydrogen-bond acceptors (Lipinski definition) is 3. The second-order valence-corrected chi connectivity index (χ2v) is 5.66. The molecule has 6 heteroatoms. The fourth-order valence-corrected chi connectivity index (χ4v) is 2.27. The van der Waals surface area contributed by atoms with E-state index in [0.29, 0.717) is 12.0 Å². The first-order valence-corrected chi connectivity index (χ1v) is 7.63. The van der Waals surface area contributed by atoms with Crippen molar-refractivity contribution in [3.05, 3.63) is 0 Å². The maximum absolute atomic E-state index is 5.37. The molecule has 1 unspecified atom stereocenters. The Kier molecular flexibility index (Phi) is 8.79. The molecule has 0 bridgehead atoms. The molecule has 0 spiro atoms. The van der Waals surface area contributed by atoms with Gasteiger partial charge in [0.2, 0.25) is 0 Å². The van der Waals surface area contributed by atoms with E-state index in [1.54, 1.807) is 0 Å². The molecule has 118 valence electrons. The lowest BCUT2D eigenvalue weighted by molar-refractivity contribution is 0.0323. The minimum Gasteiger partial charge on any atom is -0.379 e. The molecule has 1 aliphatic heterocycles. The quantitative estimate of drug-likeness (QED) is 0.404. The van der Waals surface area contributed by atoms with Gasteiger partial charge in [-0.25, -0.2) is 0 Å². The van der Waals surface area contributed by atoms with E-state index >= 15 is 0 Å². The largest absolute Gasteiger partial charge is 0.379 e. The number of halogens is 1. The van der Waals surface area contributed by atoms with Crippen LogP contribution < -0.4 is 10.6 Å². The Labute approximate surface area is 139 Å². The van der Waals surface area contributed by atoms with Crippen LogP contribution in [0, 0.1) is 5.92 Å². The molecular weight excluding hydrogens is 367 g/mol. The topological polar surface area (TPSA) is 48.9 Å². The Morgan fingerprint density at radius 2 is 2.05 bits per heavy atom. The van der Waals surface area contributed by atoms with Crippen molar-refractivity contribution >= 4 is 29.9 Å². The maximum Gasteiger partial charge on any atom is 0.191 e. The summed E-state index contributed by atoms with van der Waals surface area (Å²) in [6.45, 7) is 11.2. The molecular formula is C14H29IN4O. The Morgan fingerprint density at radius 1 is 1.35 bits per heavy atom. The van der Waals surface area contributed by atoms with Crippen molar-refractivity contribution < 1.29 is 4.74 Å². The third-order valence-electron chi connectivity index (χ3n) is 3.50. The number of guanidine groups is 1. The molecule has 2 aliphatic rings. The molecule has 1 heterocycles. The van der Waals surface area contributed by atoms with Crippen LogP contribution in [-0.2, 0) is 4.74 Å². The first kappa shape index (κ1) is 18.0. The molecule has 1 aliphatic carbocycles. The average molecular weight is 396 g/mol. The maximum atomic E-state index is 5.37. The molecule has 0 aromatic carbocycles. The second kappa shape index (κ2) is 9.78. The van der Waals surface area contributed by atoms with Crippen molar-refractivity contribution in [2.45, 2.75) is 32.7 Å². The van der Waals surface area contributed by atoms with E-state index in [9.17, 15) is 0 Å². The highest BCUT2D eigenvalue weighted by Crippen LogP contribution is 2.18. The smallest absolute Gasteiger partial charge is 0.191 e. The highest BCUT2D eigenvalue weighted by atomic mass is 127. The van der Waals surface area contributed by atoms with Gasteiger partial charge in [-0.05, 0) is 25.7 Å². The summed E-state index contributed by atoms with van der Waals surface area (Å²) in [6.07, 6.45) is 2.57. The molecule has 1 saturated heterocycles. The van der Waals surface area contributed by atoms with Gasteiger partial charge in [-0.15, -0.1) is 24.0 Å². The van der Waals surface area contributed by atoms with Crippen molar-refractivity contribution in [1.29, 1.82) is 0 Å². The van der Waals surface area contributed by atoms with Crippen LogP contribution in [0.2, 0.25) is 0 Å². The first-order valence-electron chi connectivity index (χ1n) is 7.63. The molecule has 1 atom stereocenters. The number of aliphatic imine (C=N–C) groups is 1. The summed E-state index contributed by atoms with van der Waals surface area (Å²) in [5, 5.41) is 6.77. The van der Waals surface area contributed by atoms with E-state index < -0.39 is 0 Å². The van der Waals surface area contributed by atoms with Crippen molar-refractivity contribution in [1.82, 2.24) is 15.5 Å². The lowest BCUT2D eigenvalue weighted by Gasteiger charge is -2.28. The van der Waals surface area contributed by atoms with Gasteiger partial charge in [-0.3, -0.25) is 9.89 Å². The zero-order chi connectivity index (χ0) is 13.5. The highest BCUT2D eigenvalue weighted by Gasteiger charge is 2.22. The molecule has 0 aromatic heterocycles. The van der Waals surface area contributed by atoms with E-state index in [-0.39, 0.29) is 24.0 Å². The second-order valence-electron chi connectivity index (χ2n) is 5.66. The Morgan fingerprint density at radius 3 is 2.65 bits per heavy atom. The molecule has 2 fully saturated rings. The molecule has 5 nitrogen and oxygen atoms in total. The number of rotatable bonds is 6. The monoisotopic (exact) mass is 396 g/mol. The average Bonchev–Trinajstić information content (AvgIpc) is 3.21. The number of morpholine rings is 1. The summed E-state index contributed by atoms with van der Waals surface area (Å²) >= 11 is 0. The van der Waals surface area contributed by atoms with Gasteiger partial charge in [0.25, 0.3) is 0 Å². The minimum atomic E-state index is 0. The van der Waals surface area contributed by atoms with Gasteiger partial charge in [0.1, 0.15) is 0 Å².